The minimum atomic E-state index is -0.521. The Kier molecular flexibility index (Phi) is 3.85. The van der Waals surface area contributed by atoms with Crippen molar-refractivity contribution in [2.24, 2.45) is 5.73 Å². The summed E-state index contributed by atoms with van der Waals surface area (Å²) >= 11 is 1.43. The molecule has 9 heteroatoms. The second-order valence-electron chi connectivity index (χ2n) is 5.57. The highest BCUT2D eigenvalue weighted by Gasteiger charge is 2.13. The fraction of sp³-hybridized carbons (Fsp3) is 0.118. The Labute approximate surface area is 151 Å². The summed E-state index contributed by atoms with van der Waals surface area (Å²) in [5.74, 6) is 0.0731. The number of nitrogens with zero attached hydrogens (tertiary/aromatic N) is 1. The predicted octanol–water partition coefficient (Wildman–Crippen LogP) is 2.71. The standard InChI is InChI=1S/C17H15N5O3S/c1-2-25-11-5-3-8(15(18)23)7-10(11)20-17-22-14-12(26-17)6-4-9-13(14)21-16(24)19-9/h3-7H,2H2,1H3,(H2,18,23)(H,20,22)(H2,19,21,24). The number of amides is 1. The van der Waals surface area contributed by atoms with Gasteiger partial charge in [0.1, 0.15) is 11.3 Å². The number of aromatic amines is 2. The third kappa shape index (κ3) is 2.78. The SMILES string of the molecule is CCOc1ccc(C(N)=O)cc1Nc1nc2c(ccc3[nH]c(=O)[nH]c32)s1. The van der Waals surface area contributed by atoms with Gasteiger partial charge in [-0.1, -0.05) is 11.3 Å². The number of carbonyl (C=O) groups excluding carboxylic acids is 1. The van der Waals surface area contributed by atoms with Crippen LogP contribution in [0.25, 0.3) is 21.3 Å². The van der Waals surface area contributed by atoms with E-state index in [1.807, 2.05) is 19.1 Å². The molecule has 2 aromatic carbocycles. The monoisotopic (exact) mass is 369 g/mol. The van der Waals surface area contributed by atoms with Crippen LogP contribution >= 0.6 is 11.3 Å². The molecule has 0 aliphatic heterocycles. The number of nitrogens with two attached hydrogens (primary N) is 1. The molecule has 0 bridgehead atoms. The van der Waals surface area contributed by atoms with Crippen molar-refractivity contribution < 1.29 is 9.53 Å². The Morgan fingerprint density at radius 3 is 2.92 bits per heavy atom. The van der Waals surface area contributed by atoms with Gasteiger partial charge in [-0.15, -0.1) is 0 Å². The summed E-state index contributed by atoms with van der Waals surface area (Å²) in [5.41, 5.74) is 8.11. The minimum Gasteiger partial charge on any atom is -0.492 e. The molecule has 0 spiro atoms. The molecule has 1 amide bonds. The maximum atomic E-state index is 11.5. The van der Waals surface area contributed by atoms with Crippen LogP contribution in [0.15, 0.2) is 35.1 Å². The van der Waals surface area contributed by atoms with Gasteiger partial charge in [-0.05, 0) is 37.3 Å². The topological polar surface area (TPSA) is 126 Å². The number of ether oxygens (including phenoxy) is 1. The van der Waals surface area contributed by atoms with Crippen LogP contribution in [0, 0.1) is 0 Å². The normalized spacial score (nSPS) is 11.1. The van der Waals surface area contributed by atoms with Gasteiger partial charge in [0.05, 0.1) is 28.0 Å². The van der Waals surface area contributed by atoms with Crippen molar-refractivity contribution in [2.45, 2.75) is 6.92 Å². The number of hydrogen-bond donors (Lipinski definition) is 4. The molecule has 0 radical (unpaired) electrons. The summed E-state index contributed by atoms with van der Waals surface area (Å²) in [5, 5.41) is 3.79. The lowest BCUT2D eigenvalue weighted by molar-refractivity contribution is 0.100. The van der Waals surface area contributed by atoms with E-state index in [-0.39, 0.29) is 5.69 Å². The van der Waals surface area contributed by atoms with Crippen LogP contribution in [0.1, 0.15) is 17.3 Å². The van der Waals surface area contributed by atoms with E-state index < -0.39 is 5.91 Å². The van der Waals surface area contributed by atoms with E-state index in [1.54, 1.807) is 18.2 Å². The molecule has 132 valence electrons. The van der Waals surface area contributed by atoms with Gasteiger partial charge in [-0.25, -0.2) is 9.78 Å². The molecule has 0 unspecified atom stereocenters. The van der Waals surface area contributed by atoms with Crippen LogP contribution in [0.2, 0.25) is 0 Å². The van der Waals surface area contributed by atoms with Crippen LogP contribution in [0.3, 0.4) is 0 Å². The first kappa shape index (κ1) is 16.2. The van der Waals surface area contributed by atoms with Crippen molar-refractivity contribution in [1.29, 1.82) is 0 Å². The Bertz CT molecular complexity index is 1190. The minimum absolute atomic E-state index is 0.275. The molecule has 2 aromatic heterocycles. The number of anilines is 2. The maximum absolute atomic E-state index is 11.5. The molecule has 0 fully saturated rings. The molecular weight excluding hydrogens is 354 g/mol. The summed E-state index contributed by atoms with van der Waals surface area (Å²) in [6.07, 6.45) is 0. The Morgan fingerprint density at radius 2 is 2.15 bits per heavy atom. The number of benzene rings is 2. The lowest BCUT2D eigenvalue weighted by atomic mass is 10.2. The van der Waals surface area contributed by atoms with E-state index in [0.717, 1.165) is 4.70 Å². The van der Waals surface area contributed by atoms with Crippen LogP contribution in [0.5, 0.6) is 5.75 Å². The molecule has 4 rings (SSSR count). The highest BCUT2D eigenvalue weighted by Crippen LogP contribution is 2.34. The molecule has 0 aliphatic carbocycles. The molecule has 2 heterocycles. The summed E-state index contributed by atoms with van der Waals surface area (Å²) < 4.78 is 6.52. The van der Waals surface area contributed by atoms with E-state index in [4.69, 9.17) is 10.5 Å². The number of fused-ring (bicyclic) bond motifs is 3. The van der Waals surface area contributed by atoms with Crippen LogP contribution in [-0.2, 0) is 0 Å². The Hall–Kier alpha value is -3.33. The first-order valence-electron chi connectivity index (χ1n) is 7.90. The number of rotatable bonds is 5. The third-order valence-electron chi connectivity index (χ3n) is 3.85. The molecule has 0 saturated heterocycles. The van der Waals surface area contributed by atoms with E-state index >= 15 is 0 Å². The zero-order valence-corrected chi connectivity index (χ0v) is 14.6. The molecule has 0 atom stereocenters. The van der Waals surface area contributed by atoms with E-state index in [0.29, 0.717) is 45.3 Å². The fourth-order valence-corrected chi connectivity index (χ4v) is 3.61. The number of H-pyrrole nitrogens is 2. The number of primary amides is 1. The van der Waals surface area contributed by atoms with Gasteiger partial charge in [-0.2, -0.15) is 0 Å². The number of imidazole rings is 1. The lowest BCUT2D eigenvalue weighted by Gasteiger charge is -2.11. The van der Waals surface area contributed by atoms with Crippen LogP contribution in [-0.4, -0.2) is 27.5 Å². The summed E-state index contributed by atoms with van der Waals surface area (Å²) in [4.78, 5) is 33.0. The van der Waals surface area contributed by atoms with Crippen molar-refractivity contribution in [2.75, 3.05) is 11.9 Å². The van der Waals surface area contributed by atoms with Gasteiger partial charge >= 0.3 is 5.69 Å². The maximum Gasteiger partial charge on any atom is 0.323 e. The average molecular weight is 369 g/mol. The van der Waals surface area contributed by atoms with E-state index in [9.17, 15) is 9.59 Å². The quantitative estimate of drug-likeness (QED) is 0.430. The number of nitrogens with one attached hydrogen (secondary N) is 3. The average Bonchev–Trinajstić information content (AvgIpc) is 3.18. The first-order chi connectivity index (χ1) is 12.5. The van der Waals surface area contributed by atoms with E-state index in [1.165, 1.54) is 11.3 Å². The fourth-order valence-electron chi connectivity index (χ4n) is 2.72. The largest absolute Gasteiger partial charge is 0.492 e. The Balaban J connectivity index is 1.79. The van der Waals surface area contributed by atoms with Crippen molar-refractivity contribution in [3.8, 4) is 5.75 Å². The molecule has 0 aliphatic rings. The number of thiazole rings is 1. The van der Waals surface area contributed by atoms with Crippen molar-refractivity contribution >= 4 is 49.3 Å². The third-order valence-corrected chi connectivity index (χ3v) is 4.79. The summed E-state index contributed by atoms with van der Waals surface area (Å²) in [6.45, 7) is 2.36. The molecule has 4 aromatic rings. The van der Waals surface area contributed by atoms with Crippen LogP contribution in [0.4, 0.5) is 10.8 Å². The lowest BCUT2D eigenvalue weighted by Crippen LogP contribution is -2.11. The van der Waals surface area contributed by atoms with Crippen molar-refractivity contribution in [3.63, 3.8) is 0 Å². The molecule has 8 nitrogen and oxygen atoms in total. The smallest absolute Gasteiger partial charge is 0.323 e. The molecular formula is C17H15N5O3S. The summed E-state index contributed by atoms with van der Waals surface area (Å²) in [6, 6.07) is 8.67. The first-order valence-corrected chi connectivity index (χ1v) is 8.72. The van der Waals surface area contributed by atoms with E-state index in [2.05, 4.69) is 20.3 Å². The van der Waals surface area contributed by atoms with Gasteiger partial charge in [0, 0.05) is 5.56 Å². The number of hydrogen-bond acceptors (Lipinski definition) is 6. The van der Waals surface area contributed by atoms with Gasteiger partial charge in [-0.3, -0.25) is 4.79 Å². The summed E-state index contributed by atoms with van der Waals surface area (Å²) in [7, 11) is 0. The van der Waals surface area contributed by atoms with Gasteiger partial charge < -0.3 is 25.8 Å². The second kappa shape index (κ2) is 6.19. The zero-order valence-electron chi connectivity index (χ0n) is 13.8. The van der Waals surface area contributed by atoms with Gasteiger partial charge in [0.25, 0.3) is 0 Å². The van der Waals surface area contributed by atoms with Crippen LogP contribution < -0.4 is 21.5 Å². The highest BCUT2D eigenvalue weighted by atomic mass is 32.1. The van der Waals surface area contributed by atoms with Crippen molar-refractivity contribution in [1.82, 2.24) is 15.0 Å². The van der Waals surface area contributed by atoms with Crippen molar-refractivity contribution in [3.05, 3.63) is 46.4 Å². The molecule has 26 heavy (non-hydrogen) atoms. The number of aromatic nitrogens is 3. The predicted molar refractivity (Wildman–Crippen MR) is 102 cm³/mol. The molecule has 5 N–H and O–H groups in total. The Morgan fingerprint density at radius 1 is 1.31 bits per heavy atom. The molecule has 0 saturated carbocycles. The number of carbonyl (C=O) groups is 1. The van der Waals surface area contributed by atoms with Gasteiger partial charge in [0.2, 0.25) is 5.91 Å². The zero-order chi connectivity index (χ0) is 18.3. The van der Waals surface area contributed by atoms with Gasteiger partial charge in [0.15, 0.2) is 5.13 Å². The highest BCUT2D eigenvalue weighted by molar-refractivity contribution is 7.22. The second-order valence-corrected chi connectivity index (χ2v) is 6.60.